The van der Waals surface area contributed by atoms with E-state index in [1.165, 1.54) is 24.3 Å². The molecule has 0 radical (unpaired) electrons. The zero-order chi connectivity index (χ0) is 23.0. The van der Waals surface area contributed by atoms with Gasteiger partial charge in [0.1, 0.15) is 0 Å². The van der Waals surface area contributed by atoms with Gasteiger partial charge in [0.05, 0.1) is 21.2 Å². The number of H-pyrrole nitrogens is 1. The fourth-order valence-electron chi connectivity index (χ4n) is 2.43. The number of aromatic nitrogens is 2. The molecule has 1 aromatic heterocycles. The minimum atomic E-state index is -4.44. The van der Waals surface area contributed by atoms with Gasteiger partial charge in [-0.1, -0.05) is 0 Å². The molecule has 3 rings (SSSR count). The van der Waals surface area contributed by atoms with Gasteiger partial charge in [-0.15, -0.1) is 5.11 Å². The maximum atomic E-state index is 12.7. The van der Waals surface area contributed by atoms with Gasteiger partial charge in [-0.25, -0.2) is 4.68 Å². The lowest BCUT2D eigenvalue weighted by Crippen LogP contribution is -2.14. The molecule has 162 valence electrons. The minimum absolute atomic E-state index is 0.104. The lowest BCUT2D eigenvalue weighted by Gasteiger charge is -2.02. The van der Waals surface area contributed by atoms with Gasteiger partial charge in [0.2, 0.25) is 0 Å². The highest BCUT2D eigenvalue weighted by atomic mass is 32.2. The van der Waals surface area contributed by atoms with Gasteiger partial charge >= 0.3 is 0 Å². The molecule has 0 saturated heterocycles. The van der Waals surface area contributed by atoms with Crippen LogP contribution in [0.4, 0.5) is 11.4 Å². The van der Waals surface area contributed by atoms with Gasteiger partial charge in [0, 0.05) is 0 Å². The number of benzene rings is 2. The summed E-state index contributed by atoms with van der Waals surface area (Å²) >= 11 is 0. The van der Waals surface area contributed by atoms with Crippen molar-refractivity contribution >= 4 is 37.5 Å². The normalized spacial score (nSPS) is 12.3. The average molecular weight is 467 g/mol. The largest absolute Gasteiger partial charge is 0.364 e. The molecule has 0 unspecified atom stereocenters. The Bertz CT molecular complexity index is 1450. The molecule has 0 aliphatic heterocycles. The highest BCUT2D eigenvalue weighted by molar-refractivity contribution is 7.86. The molecule has 3 aromatic rings. The van der Waals surface area contributed by atoms with Gasteiger partial charge in [-0.05, 0) is 48.5 Å². The van der Waals surface area contributed by atoms with Crippen LogP contribution in [0, 0.1) is 0 Å². The number of aromatic amines is 1. The molecule has 0 bridgehead atoms. The second kappa shape index (κ2) is 7.88. The van der Waals surface area contributed by atoms with Crippen molar-refractivity contribution in [2.24, 2.45) is 16.0 Å². The SMILES string of the molecule is NC(=O)c1[nH]n(-c2ccc(S(=O)(=O)O)cc2)c(=O)c1N=Nc1ccc(S(=O)(=O)O)cc1. The van der Waals surface area contributed by atoms with Crippen LogP contribution < -0.4 is 11.3 Å². The van der Waals surface area contributed by atoms with Crippen molar-refractivity contribution in [2.75, 3.05) is 0 Å². The Labute approximate surface area is 174 Å². The molecule has 15 heteroatoms. The summed E-state index contributed by atoms with van der Waals surface area (Å²) in [6.07, 6.45) is 0. The number of amides is 1. The third kappa shape index (κ3) is 4.75. The molecule has 31 heavy (non-hydrogen) atoms. The van der Waals surface area contributed by atoms with Gasteiger partial charge < -0.3 is 5.73 Å². The molecule has 13 nitrogen and oxygen atoms in total. The summed E-state index contributed by atoms with van der Waals surface area (Å²) in [5.41, 5.74) is 3.79. The molecule has 1 heterocycles. The number of nitrogens with one attached hydrogen (secondary N) is 1. The average Bonchev–Trinajstić information content (AvgIpc) is 3.02. The molecule has 0 saturated carbocycles. The van der Waals surface area contributed by atoms with Crippen LogP contribution in [0.25, 0.3) is 5.69 Å². The van der Waals surface area contributed by atoms with E-state index in [0.29, 0.717) is 0 Å². The van der Waals surface area contributed by atoms with E-state index in [4.69, 9.17) is 14.8 Å². The predicted octanol–water partition coefficient (Wildman–Crippen LogP) is 1.17. The van der Waals surface area contributed by atoms with Crippen LogP contribution in [0.15, 0.2) is 73.3 Å². The van der Waals surface area contributed by atoms with Crippen LogP contribution >= 0.6 is 0 Å². The van der Waals surface area contributed by atoms with Crippen LogP contribution in [0.2, 0.25) is 0 Å². The van der Waals surface area contributed by atoms with Crippen molar-refractivity contribution in [2.45, 2.75) is 9.79 Å². The monoisotopic (exact) mass is 467 g/mol. The lowest BCUT2D eigenvalue weighted by atomic mass is 10.3. The number of nitrogens with zero attached hydrogens (tertiary/aromatic N) is 3. The van der Waals surface area contributed by atoms with Crippen LogP contribution in [-0.4, -0.2) is 41.6 Å². The molecule has 1 amide bonds. The number of rotatable bonds is 6. The van der Waals surface area contributed by atoms with Crippen LogP contribution in [0.5, 0.6) is 0 Å². The summed E-state index contributed by atoms with van der Waals surface area (Å²) in [4.78, 5) is 23.6. The summed E-state index contributed by atoms with van der Waals surface area (Å²) in [6.45, 7) is 0. The quantitative estimate of drug-likeness (QED) is 0.304. The molecular weight excluding hydrogens is 454 g/mol. The van der Waals surface area contributed by atoms with Gasteiger partial charge in [-0.2, -0.15) is 21.9 Å². The van der Waals surface area contributed by atoms with Crippen molar-refractivity contribution < 1.29 is 30.7 Å². The fourth-order valence-corrected chi connectivity index (χ4v) is 3.39. The van der Waals surface area contributed by atoms with Crippen LogP contribution in [0.3, 0.4) is 0 Å². The van der Waals surface area contributed by atoms with Crippen molar-refractivity contribution in [1.29, 1.82) is 0 Å². The minimum Gasteiger partial charge on any atom is -0.364 e. The van der Waals surface area contributed by atoms with Crippen molar-refractivity contribution in [3.8, 4) is 5.69 Å². The topological polar surface area (TPSA) is 214 Å². The number of primary amides is 1. The molecular formula is C16H13N5O8S2. The van der Waals surface area contributed by atoms with E-state index < -0.39 is 42.3 Å². The van der Waals surface area contributed by atoms with E-state index in [1.807, 2.05) is 0 Å². The number of hydrogen-bond donors (Lipinski definition) is 4. The third-order valence-corrected chi connectivity index (χ3v) is 5.64. The fraction of sp³-hybridized carbons (Fsp3) is 0. The molecule has 2 aromatic carbocycles. The van der Waals surface area contributed by atoms with Crippen molar-refractivity contribution in [3.63, 3.8) is 0 Å². The Morgan fingerprint density at radius 1 is 0.871 bits per heavy atom. The van der Waals surface area contributed by atoms with E-state index in [9.17, 15) is 26.4 Å². The van der Waals surface area contributed by atoms with E-state index in [2.05, 4.69) is 15.3 Å². The number of azo groups is 1. The first kappa shape index (κ1) is 22.0. The summed E-state index contributed by atoms with van der Waals surface area (Å²) in [7, 11) is -8.83. The first-order chi connectivity index (χ1) is 14.4. The van der Waals surface area contributed by atoms with E-state index >= 15 is 0 Å². The maximum Gasteiger partial charge on any atom is 0.299 e. The zero-order valence-corrected chi connectivity index (χ0v) is 16.8. The lowest BCUT2D eigenvalue weighted by molar-refractivity contribution is 0.0995. The number of hydrogen-bond acceptors (Lipinski definition) is 8. The summed E-state index contributed by atoms with van der Waals surface area (Å²) in [5.74, 6) is -1.03. The smallest absolute Gasteiger partial charge is 0.299 e. The van der Waals surface area contributed by atoms with E-state index in [-0.39, 0.29) is 22.0 Å². The maximum absolute atomic E-state index is 12.7. The van der Waals surface area contributed by atoms with Gasteiger partial charge in [0.15, 0.2) is 11.4 Å². The predicted molar refractivity (Wildman–Crippen MR) is 105 cm³/mol. The molecule has 5 N–H and O–H groups in total. The standard InChI is InChI=1S/C16H13N5O8S2/c17-15(22)13-14(19-18-9-1-5-11(6-2-9)30(24,25)26)16(23)21(20-13)10-3-7-12(8-4-10)31(27,28)29/h1-8,20H,(H2,17,22)(H,24,25,26)(H,27,28,29). The Morgan fingerprint density at radius 3 is 1.81 bits per heavy atom. The van der Waals surface area contributed by atoms with Crippen LogP contribution in [0.1, 0.15) is 10.5 Å². The molecule has 0 atom stereocenters. The summed E-state index contributed by atoms with van der Waals surface area (Å²) < 4.78 is 63.2. The second-order valence-electron chi connectivity index (χ2n) is 5.98. The van der Waals surface area contributed by atoms with Gasteiger partial charge in [0.25, 0.3) is 31.7 Å². The van der Waals surface area contributed by atoms with Crippen LogP contribution in [-0.2, 0) is 20.2 Å². The molecule has 0 fully saturated rings. The first-order valence-electron chi connectivity index (χ1n) is 8.10. The number of carbonyl (C=O) groups excluding carboxylic acids is 1. The molecule has 0 aliphatic rings. The molecule has 0 aliphatic carbocycles. The second-order valence-corrected chi connectivity index (χ2v) is 8.82. The summed E-state index contributed by atoms with van der Waals surface area (Å²) in [5, 5.41) is 9.90. The van der Waals surface area contributed by atoms with Crippen molar-refractivity contribution in [1.82, 2.24) is 9.78 Å². The summed E-state index contributed by atoms with van der Waals surface area (Å²) in [6, 6.07) is 9.00. The van der Waals surface area contributed by atoms with E-state index in [0.717, 1.165) is 28.9 Å². The van der Waals surface area contributed by atoms with Gasteiger partial charge in [-0.3, -0.25) is 23.8 Å². The Morgan fingerprint density at radius 2 is 1.35 bits per heavy atom. The van der Waals surface area contributed by atoms with Crippen molar-refractivity contribution in [3.05, 3.63) is 64.6 Å². The van der Waals surface area contributed by atoms with E-state index in [1.54, 1.807) is 0 Å². The number of nitrogens with two attached hydrogens (primary N) is 1. The Balaban J connectivity index is 2.02. The Kier molecular flexibility index (Phi) is 5.60. The Hall–Kier alpha value is -3.66. The number of carbonyl (C=O) groups is 1. The molecule has 0 spiro atoms. The highest BCUT2D eigenvalue weighted by Crippen LogP contribution is 2.21. The third-order valence-electron chi connectivity index (χ3n) is 3.91. The first-order valence-corrected chi connectivity index (χ1v) is 11.0. The highest BCUT2D eigenvalue weighted by Gasteiger charge is 2.20. The zero-order valence-electron chi connectivity index (χ0n) is 15.2.